The molecular formula is C12H22N2O. The van der Waals surface area contributed by atoms with E-state index in [1.54, 1.807) is 0 Å². The van der Waals surface area contributed by atoms with Gasteiger partial charge >= 0.3 is 0 Å². The van der Waals surface area contributed by atoms with Gasteiger partial charge in [0.05, 0.1) is 5.41 Å². The molecule has 86 valence electrons. The van der Waals surface area contributed by atoms with Crippen LogP contribution < -0.4 is 10.6 Å². The minimum atomic E-state index is -0.187. The number of piperidine rings is 1. The summed E-state index contributed by atoms with van der Waals surface area (Å²) < 4.78 is 0. The second-order valence-electron chi connectivity index (χ2n) is 4.55. The summed E-state index contributed by atoms with van der Waals surface area (Å²) in [6.07, 6.45) is 2.99. The summed E-state index contributed by atoms with van der Waals surface area (Å²) in [7, 11) is 0. The molecule has 0 radical (unpaired) electrons. The lowest BCUT2D eigenvalue weighted by Crippen LogP contribution is -2.50. The molecule has 15 heavy (non-hydrogen) atoms. The molecule has 1 amide bonds. The van der Waals surface area contributed by atoms with Crippen molar-refractivity contribution in [1.82, 2.24) is 10.6 Å². The van der Waals surface area contributed by atoms with Gasteiger partial charge in [0.15, 0.2) is 0 Å². The maximum absolute atomic E-state index is 12.1. The van der Waals surface area contributed by atoms with Crippen molar-refractivity contribution in [3.8, 4) is 0 Å². The fraction of sp³-hybridized carbons (Fsp3) is 0.750. The fourth-order valence-electron chi connectivity index (χ4n) is 2.04. The summed E-state index contributed by atoms with van der Waals surface area (Å²) in [6, 6.07) is 0. The van der Waals surface area contributed by atoms with Crippen LogP contribution in [0.15, 0.2) is 12.2 Å². The Morgan fingerprint density at radius 3 is 2.80 bits per heavy atom. The Labute approximate surface area is 92.3 Å². The van der Waals surface area contributed by atoms with Gasteiger partial charge in [0, 0.05) is 13.1 Å². The maximum atomic E-state index is 12.1. The summed E-state index contributed by atoms with van der Waals surface area (Å²) in [5.74, 6) is 0.181. The zero-order valence-electron chi connectivity index (χ0n) is 9.86. The van der Waals surface area contributed by atoms with E-state index in [1.807, 2.05) is 6.92 Å². The highest BCUT2D eigenvalue weighted by Crippen LogP contribution is 2.30. The van der Waals surface area contributed by atoms with Crippen LogP contribution >= 0.6 is 0 Å². The van der Waals surface area contributed by atoms with E-state index < -0.39 is 0 Å². The Balaban J connectivity index is 2.55. The van der Waals surface area contributed by atoms with Crippen molar-refractivity contribution in [2.24, 2.45) is 5.41 Å². The molecule has 0 aromatic carbocycles. The van der Waals surface area contributed by atoms with Gasteiger partial charge in [-0.25, -0.2) is 0 Å². The van der Waals surface area contributed by atoms with E-state index >= 15 is 0 Å². The molecule has 3 nitrogen and oxygen atoms in total. The first kappa shape index (κ1) is 12.2. The Hall–Kier alpha value is -0.830. The van der Waals surface area contributed by atoms with Crippen molar-refractivity contribution in [3.63, 3.8) is 0 Å². The van der Waals surface area contributed by atoms with Crippen molar-refractivity contribution in [3.05, 3.63) is 12.2 Å². The van der Waals surface area contributed by atoms with Gasteiger partial charge in [-0.05, 0) is 32.7 Å². The number of carbonyl (C=O) groups excluding carboxylic acids is 1. The van der Waals surface area contributed by atoms with Gasteiger partial charge in [-0.15, -0.1) is 0 Å². The molecule has 0 bridgehead atoms. The Bertz CT molecular complexity index is 242. The van der Waals surface area contributed by atoms with E-state index in [0.717, 1.165) is 37.9 Å². The predicted molar refractivity (Wildman–Crippen MR) is 62.7 cm³/mol. The summed E-state index contributed by atoms with van der Waals surface area (Å²) in [4.78, 5) is 12.1. The molecule has 1 unspecified atom stereocenters. The smallest absolute Gasteiger partial charge is 0.227 e. The summed E-state index contributed by atoms with van der Waals surface area (Å²) in [5, 5.41) is 6.28. The lowest BCUT2D eigenvalue weighted by atomic mass is 9.77. The van der Waals surface area contributed by atoms with Gasteiger partial charge < -0.3 is 10.6 Å². The maximum Gasteiger partial charge on any atom is 0.227 e. The molecule has 1 rings (SSSR count). The normalized spacial score (nSPS) is 26.0. The standard InChI is InChI=1S/C12H22N2O/c1-4-12(6-5-7-13-9-12)11(15)14-8-10(2)3/h13H,2,4-9H2,1,3H3,(H,14,15). The molecule has 1 fully saturated rings. The molecule has 0 spiro atoms. The van der Waals surface area contributed by atoms with Crippen LogP contribution in [-0.4, -0.2) is 25.5 Å². The molecular weight excluding hydrogens is 188 g/mol. The zero-order chi connectivity index (χ0) is 11.3. The van der Waals surface area contributed by atoms with E-state index in [4.69, 9.17) is 0 Å². The van der Waals surface area contributed by atoms with E-state index in [1.165, 1.54) is 0 Å². The molecule has 0 aromatic rings. The van der Waals surface area contributed by atoms with Crippen molar-refractivity contribution in [1.29, 1.82) is 0 Å². The van der Waals surface area contributed by atoms with Crippen molar-refractivity contribution >= 4 is 5.91 Å². The topological polar surface area (TPSA) is 41.1 Å². The number of rotatable bonds is 4. The average molecular weight is 210 g/mol. The first-order valence-electron chi connectivity index (χ1n) is 5.74. The van der Waals surface area contributed by atoms with Crippen LogP contribution in [0.25, 0.3) is 0 Å². The van der Waals surface area contributed by atoms with Crippen LogP contribution in [0.1, 0.15) is 33.1 Å². The molecule has 1 aliphatic heterocycles. The van der Waals surface area contributed by atoms with Crippen LogP contribution in [0, 0.1) is 5.41 Å². The van der Waals surface area contributed by atoms with Crippen LogP contribution in [0.4, 0.5) is 0 Å². The molecule has 3 heteroatoms. The van der Waals surface area contributed by atoms with Crippen LogP contribution in [0.5, 0.6) is 0 Å². The van der Waals surface area contributed by atoms with E-state index in [9.17, 15) is 4.79 Å². The highest BCUT2D eigenvalue weighted by atomic mass is 16.2. The number of hydrogen-bond donors (Lipinski definition) is 2. The molecule has 0 aromatic heterocycles. The van der Waals surface area contributed by atoms with Crippen LogP contribution in [0.2, 0.25) is 0 Å². The van der Waals surface area contributed by atoms with Gasteiger partial charge in [-0.2, -0.15) is 0 Å². The van der Waals surface area contributed by atoms with Gasteiger partial charge in [0.25, 0.3) is 0 Å². The summed E-state index contributed by atoms with van der Waals surface area (Å²) >= 11 is 0. The molecule has 1 atom stereocenters. The molecule has 0 saturated carbocycles. The minimum absolute atomic E-state index is 0.181. The molecule has 1 saturated heterocycles. The first-order valence-corrected chi connectivity index (χ1v) is 5.74. The van der Waals surface area contributed by atoms with Crippen molar-refractivity contribution in [2.75, 3.05) is 19.6 Å². The third kappa shape index (κ3) is 3.06. The third-order valence-electron chi connectivity index (χ3n) is 3.18. The van der Waals surface area contributed by atoms with Gasteiger partial charge in [-0.1, -0.05) is 19.1 Å². The number of hydrogen-bond acceptors (Lipinski definition) is 2. The Morgan fingerprint density at radius 2 is 2.33 bits per heavy atom. The van der Waals surface area contributed by atoms with Gasteiger partial charge in [0.1, 0.15) is 0 Å². The highest BCUT2D eigenvalue weighted by molar-refractivity contribution is 5.83. The zero-order valence-corrected chi connectivity index (χ0v) is 9.86. The van der Waals surface area contributed by atoms with Gasteiger partial charge in [-0.3, -0.25) is 4.79 Å². The second-order valence-corrected chi connectivity index (χ2v) is 4.55. The van der Waals surface area contributed by atoms with E-state index in [-0.39, 0.29) is 11.3 Å². The number of nitrogens with one attached hydrogen (secondary N) is 2. The lowest BCUT2D eigenvalue weighted by Gasteiger charge is -2.35. The molecule has 1 heterocycles. The van der Waals surface area contributed by atoms with Crippen molar-refractivity contribution in [2.45, 2.75) is 33.1 Å². The fourth-order valence-corrected chi connectivity index (χ4v) is 2.04. The van der Waals surface area contributed by atoms with Crippen LogP contribution in [-0.2, 0) is 4.79 Å². The summed E-state index contributed by atoms with van der Waals surface area (Å²) in [6.45, 7) is 10.3. The minimum Gasteiger partial charge on any atom is -0.352 e. The highest BCUT2D eigenvalue weighted by Gasteiger charge is 2.37. The molecule has 1 aliphatic rings. The van der Waals surface area contributed by atoms with E-state index in [2.05, 4.69) is 24.1 Å². The molecule has 0 aliphatic carbocycles. The number of carbonyl (C=O) groups is 1. The second kappa shape index (κ2) is 5.31. The average Bonchev–Trinajstić information content (AvgIpc) is 2.26. The largest absolute Gasteiger partial charge is 0.352 e. The lowest BCUT2D eigenvalue weighted by molar-refractivity contribution is -0.132. The van der Waals surface area contributed by atoms with Gasteiger partial charge in [0.2, 0.25) is 5.91 Å². The Kier molecular flexibility index (Phi) is 4.33. The SMILES string of the molecule is C=C(C)CNC(=O)C1(CC)CCCNC1. The quantitative estimate of drug-likeness (QED) is 0.690. The third-order valence-corrected chi connectivity index (χ3v) is 3.18. The summed E-state index contributed by atoms with van der Waals surface area (Å²) in [5.41, 5.74) is 0.812. The Morgan fingerprint density at radius 1 is 1.60 bits per heavy atom. The van der Waals surface area contributed by atoms with Crippen molar-refractivity contribution < 1.29 is 4.79 Å². The predicted octanol–water partition coefficient (Wildman–Crippen LogP) is 1.46. The van der Waals surface area contributed by atoms with E-state index in [0.29, 0.717) is 6.54 Å². The molecule has 2 N–H and O–H groups in total. The van der Waals surface area contributed by atoms with Crippen LogP contribution in [0.3, 0.4) is 0 Å². The monoisotopic (exact) mass is 210 g/mol. The first-order chi connectivity index (χ1) is 7.10. The number of amides is 1.